The number of hydrogen-bond donors (Lipinski definition) is 2. The average molecular weight is 364 g/mol. The van der Waals surface area contributed by atoms with Gasteiger partial charge in [0.25, 0.3) is 0 Å². The third kappa shape index (κ3) is 4.95. The lowest BCUT2D eigenvalue weighted by molar-refractivity contribution is 0.976. The highest BCUT2D eigenvalue weighted by Gasteiger charge is 2.03. The van der Waals surface area contributed by atoms with Crippen molar-refractivity contribution in [2.24, 2.45) is 0 Å². The summed E-state index contributed by atoms with van der Waals surface area (Å²) in [5, 5.41) is 16.1. The number of nitrogens with zero attached hydrogens (tertiary/aromatic N) is 3. The molecular formula is C20H18ClN5. The van der Waals surface area contributed by atoms with Crippen LogP contribution in [-0.2, 0) is 6.42 Å². The molecule has 0 saturated carbocycles. The third-order valence-electron chi connectivity index (χ3n) is 3.75. The van der Waals surface area contributed by atoms with E-state index in [1.165, 1.54) is 5.56 Å². The fourth-order valence-electron chi connectivity index (χ4n) is 2.46. The minimum absolute atomic E-state index is 0.579. The monoisotopic (exact) mass is 363 g/mol. The van der Waals surface area contributed by atoms with Crippen LogP contribution < -0.4 is 10.6 Å². The summed E-state index contributed by atoms with van der Waals surface area (Å²) >= 11 is 5.90. The molecule has 0 saturated heterocycles. The lowest BCUT2D eigenvalue weighted by Crippen LogP contribution is -2.09. The Kier molecular flexibility index (Phi) is 5.67. The number of benzene rings is 2. The van der Waals surface area contributed by atoms with E-state index < -0.39 is 0 Å². The Bertz CT molecular complexity index is 914. The van der Waals surface area contributed by atoms with Crippen LogP contribution in [-0.4, -0.2) is 16.5 Å². The van der Waals surface area contributed by atoms with Crippen molar-refractivity contribution in [2.45, 2.75) is 13.3 Å². The molecule has 0 aliphatic heterocycles. The molecular weight excluding hydrogens is 346 g/mol. The highest BCUT2D eigenvalue weighted by atomic mass is 35.5. The van der Waals surface area contributed by atoms with Gasteiger partial charge in [-0.05, 0) is 55.3 Å². The van der Waals surface area contributed by atoms with E-state index in [9.17, 15) is 0 Å². The van der Waals surface area contributed by atoms with Crippen molar-refractivity contribution >= 4 is 29.1 Å². The molecule has 0 bridgehead atoms. The van der Waals surface area contributed by atoms with Crippen LogP contribution in [0.15, 0.2) is 54.6 Å². The largest absolute Gasteiger partial charge is 0.354 e. The lowest BCUT2D eigenvalue weighted by atomic mass is 10.1. The summed E-state index contributed by atoms with van der Waals surface area (Å²) in [5.74, 6) is 1.28. The van der Waals surface area contributed by atoms with Gasteiger partial charge in [0.15, 0.2) is 0 Å². The molecule has 3 aromatic rings. The van der Waals surface area contributed by atoms with Crippen molar-refractivity contribution in [1.29, 1.82) is 5.26 Å². The van der Waals surface area contributed by atoms with Gasteiger partial charge in [0.2, 0.25) is 5.95 Å². The second-order valence-corrected chi connectivity index (χ2v) is 6.27. The molecule has 1 aromatic heterocycles. The Hall–Kier alpha value is -3.10. The number of hydrogen-bond acceptors (Lipinski definition) is 5. The van der Waals surface area contributed by atoms with E-state index >= 15 is 0 Å². The van der Waals surface area contributed by atoms with Crippen LogP contribution in [0.5, 0.6) is 0 Å². The zero-order valence-electron chi connectivity index (χ0n) is 14.3. The summed E-state index contributed by atoms with van der Waals surface area (Å²) in [6.45, 7) is 2.65. The van der Waals surface area contributed by atoms with E-state index in [1.54, 1.807) is 12.1 Å². The number of aromatic nitrogens is 2. The van der Waals surface area contributed by atoms with Gasteiger partial charge in [0, 0.05) is 29.0 Å². The third-order valence-corrected chi connectivity index (χ3v) is 4.00. The Balaban J connectivity index is 1.63. The van der Waals surface area contributed by atoms with Crippen LogP contribution in [0.25, 0.3) is 0 Å². The maximum Gasteiger partial charge on any atom is 0.224 e. The van der Waals surface area contributed by atoms with Gasteiger partial charge >= 0.3 is 0 Å². The molecule has 26 heavy (non-hydrogen) atoms. The van der Waals surface area contributed by atoms with Gasteiger partial charge in [-0.1, -0.05) is 23.7 Å². The summed E-state index contributed by atoms with van der Waals surface area (Å²) in [6, 6.07) is 19.0. The molecule has 0 fully saturated rings. The Labute approximate surface area is 157 Å². The Morgan fingerprint density at radius 2 is 1.77 bits per heavy atom. The molecule has 0 atom stereocenters. The van der Waals surface area contributed by atoms with E-state index in [2.05, 4.69) is 26.7 Å². The van der Waals surface area contributed by atoms with E-state index in [0.717, 1.165) is 29.4 Å². The highest BCUT2D eigenvalue weighted by molar-refractivity contribution is 6.30. The van der Waals surface area contributed by atoms with E-state index in [0.29, 0.717) is 17.3 Å². The molecule has 0 radical (unpaired) electrons. The molecule has 0 aliphatic carbocycles. The first-order valence-corrected chi connectivity index (χ1v) is 8.61. The summed E-state index contributed by atoms with van der Waals surface area (Å²) in [4.78, 5) is 8.92. The first-order valence-electron chi connectivity index (χ1n) is 8.23. The molecule has 6 heteroatoms. The molecule has 0 spiro atoms. The van der Waals surface area contributed by atoms with Crippen LogP contribution in [0.1, 0.15) is 16.8 Å². The summed E-state index contributed by atoms with van der Waals surface area (Å²) in [7, 11) is 0. The molecule has 3 rings (SSSR count). The molecule has 5 nitrogen and oxygen atoms in total. The number of halogens is 1. The number of rotatable bonds is 6. The Morgan fingerprint density at radius 3 is 2.46 bits per heavy atom. The number of nitriles is 1. The second-order valence-electron chi connectivity index (χ2n) is 5.84. The number of nitrogens with one attached hydrogen (secondary N) is 2. The van der Waals surface area contributed by atoms with Crippen molar-refractivity contribution in [3.8, 4) is 6.07 Å². The maximum absolute atomic E-state index is 8.86. The molecule has 0 aliphatic rings. The van der Waals surface area contributed by atoms with Gasteiger partial charge in [-0.15, -0.1) is 0 Å². The normalized spacial score (nSPS) is 10.2. The van der Waals surface area contributed by atoms with Gasteiger partial charge in [0.1, 0.15) is 5.82 Å². The van der Waals surface area contributed by atoms with Crippen molar-refractivity contribution in [3.63, 3.8) is 0 Å². The van der Waals surface area contributed by atoms with E-state index in [-0.39, 0.29) is 0 Å². The summed E-state index contributed by atoms with van der Waals surface area (Å²) < 4.78 is 0. The summed E-state index contributed by atoms with van der Waals surface area (Å²) in [5.41, 5.74) is 3.56. The zero-order valence-corrected chi connectivity index (χ0v) is 15.1. The fourth-order valence-corrected chi connectivity index (χ4v) is 2.58. The van der Waals surface area contributed by atoms with Crippen LogP contribution >= 0.6 is 11.6 Å². The van der Waals surface area contributed by atoms with Gasteiger partial charge in [-0.25, -0.2) is 4.98 Å². The maximum atomic E-state index is 8.86. The van der Waals surface area contributed by atoms with Crippen LogP contribution in [0.2, 0.25) is 5.02 Å². The van der Waals surface area contributed by atoms with Gasteiger partial charge in [-0.2, -0.15) is 10.2 Å². The van der Waals surface area contributed by atoms with Gasteiger partial charge < -0.3 is 10.6 Å². The number of anilines is 3. The number of aryl methyl sites for hydroxylation is 1. The fraction of sp³-hybridized carbons (Fsp3) is 0.150. The summed E-state index contributed by atoms with van der Waals surface area (Å²) in [6.07, 6.45) is 0.854. The first-order chi connectivity index (χ1) is 12.6. The molecule has 0 unspecified atom stereocenters. The van der Waals surface area contributed by atoms with Crippen LogP contribution in [0.3, 0.4) is 0 Å². The minimum Gasteiger partial charge on any atom is -0.354 e. The second kappa shape index (κ2) is 8.32. The van der Waals surface area contributed by atoms with E-state index in [4.69, 9.17) is 16.9 Å². The predicted molar refractivity (Wildman–Crippen MR) is 105 cm³/mol. The van der Waals surface area contributed by atoms with Crippen LogP contribution in [0.4, 0.5) is 17.5 Å². The van der Waals surface area contributed by atoms with E-state index in [1.807, 2.05) is 49.4 Å². The standard InChI is InChI=1S/C20H18ClN5/c1-14-12-19(25-18-8-4-16(13-22)5-9-18)26-20(24-14)23-11-10-15-2-6-17(21)7-3-15/h2-9,12H,10-11H2,1H3,(H2,23,24,25,26). The van der Waals surface area contributed by atoms with Crippen molar-refractivity contribution in [3.05, 3.63) is 76.4 Å². The quantitative estimate of drug-likeness (QED) is 0.663. The van der Waals surface area contributed by atoms with Gasteiger partial charge in [0.05, 0.1) is 11.6 Å². The molecule has 2 aromatic carbocycles. The minimum atomic E-state index is 0.579. The average Bonchev–Trinajstić information content (AvgIpc) is 2.64. The Morgan fingerprint density at radius 1 is 1.04 bits per heavy atom. The molecule has 130 valence electrons. The highest BCUT2D eigenvalue weighted by Crippen LogP contribution is 2.17. The van der Waals surface area contributed by atoms with Crippen LogP contribution in [0, 0.1) is 18.3 Å². The topological polar surface area (TPSA) is 73.6 Å². The van der Waals surface area contributed by atoms with Crippen molar-refractivity contribution in [2.75, 3.05) is 17.2 Å². The molecule has 0 amide bonds. The van der Waals surface area contributed by atoms with Crippen molar-refractivity contribution in [1.82, 2.24) is 9.97 Å². The SMILES string of the molecule is Cc1cc(Nc2ccc(C#N)cc2)nc(NCCc2ccc(Cl)cc2)n1. The van der Waals surface area contributed by atoms with Gasteiger partial charge in [-0.3, -0.25) is 0 Å². The predicted octanol–water partition coefficient (Wildman–Crippen LogP) is 4.71. The smallest absolute Gasteiger partial charge is 0.224 e. The molecule has 1 heterocycles. The van der Waals surface area contributed by atoms with Crippen molar-refractivity contribution < 1.29 is 0 Å². The first kappa shape index (κ1) is 17.7. The molecule has 2 N–H and O–H groups in total. The lowest BCUT2D eigenvalue weighted by Gasteiger charge is -2.10. The zero-order chi connectivity index (χ0) is 18.4.